The maximum atomic E-state index is 12.7. The van der Waals surface area contributed by atoms with Crippen LogP contribution in [0.2, 0.25) is 0 Å². The van der Waals surface area contributed by atoms with Crippen LogP contribution in [0.1, 0.15) is 36.9 Å². The number of nitrogens with one attached hydrogen (secondary N) is 1. The Hall–Kier alpha value is -1.70. The number of carbonyl (C=O) groups excluding carboxylic acids is 1. The fraction of sp³-hybridized carbons (Fsp3) is 0.381. The molecule has 1 aliphatic rings. The molecule has 0 spiro atoms. The van der Waals surface area contributed by atoms with Gasteiger partial charge < -0.3 is 5.32 Å². The molecular weight excluding hydrogens is 440 g/mol. The minimum absolute atomic E-state index is 0.000362. The first-order valence-corrected chi connectivity index (χ1v) is 11.8. The van der Waals surface area contributed by atoms with Crippen molar-refractivity contribution in [3.8, 4) is 0 Å². The van der Waals surface area contributed by atoms with Gasteiger partial charge in [-0.15, -0.1) is 0 Å². The number of hydrogen-bond acceptors (Lipinski definition) is 3. The average Bonchev–Trinajstić information content (AvgIpc) is 2.68. The van der Waals surface area contributed by atoms with Crippen molar-refractivity contribution in [2.45, 2.75) is 31.6 Å². The van der Waals surface area contributed by atoms with Crippen molar-refractivity contribution in [3.05, 3.63) is 70.2 Å². The first kappa shape index (κ1) is 21.0. The molecule has 0 bridgehead atoms. The van der Waals surface area contributed by atoms with Gasteiger partial charge in [0, 0.05) is 23.5 Å². The summed E-state index contributed by atoms with van der Waals surface area (Å²) in [5, 5.41) is 3.05. The van der Waals surface area contributed by atoms with E-state index in [-0.39, 0.29) is 23.6 Å². The van der Waals surface area contributed by atoms with Gasteiger partial charge in [-0.1, -0.05) is 58.4 Å². The van der Waals surface area contributed by atoms with Crippen LogP contribution in [0.25, 0.3) is 0 Å². The van der Waals surface area contributed by atoms with Gasteiger partial charge in [0.05, 0.1) is 11.8 Å². The van der Waals surface area contributed by atoms with E-state index >= 15 is 0 Å². The first-order valence-electron chi connectivity index (χ1n) is 9.43. The van der Waals surface area contributed by atoms with E-state index in [1.807, 2.05) is 61.5 Å². The highest BCUT2D eigenvalue weighted by Gasteiger charge is 2.31. The standard InChI is InChI=1S/C21H25BrN2O3S/c1-16(18-7-3-2-4-8-18)23-21(25)19-10-12-24(13-11-19)28(26,27)15-17-6-5-9-20(22)14-17/h2-9,14,16,19H,10-13,15H2,1H3,(H,23,25). The summed E-state index contributed by atoms with van der Waals surface area (Å²) in [7, 11) is -3.39. The van der Waals surface area contributed by atoms with Gasteiger partial charge in [-0.3, -0.25) is 4.79 Å². The lowest BCUT2D eigenvalue weighted by atomic mass is 9.96. The molecule has 28 heavy (non-hydrogen) atoms. The van der Waals surface area contributed by atoms with Crippen molar-refractivity contribution in [3.63, 3.8) is 0 Å². The maximum Gasteiger partial charge on any atom is 0.223 e. The number of rotatable bonds is 6. The zero-order valence-corrected chi connectivity index (χ0v) is 18.2. The number of nitrogens with zero attached hydrogens (tertiary/aromatic N) is 1. The highest BCUT2D eigenvalue weighted by Crippen LogP contribution is 2.24. The molecule has 1 N–H and O–H groups in total. The van der Waals surface area contributed by atoms with Crippen LogP contribution in [0.4, 0.5) is 0 Å². The molecule has 0 saturated carbocycles. The average molecular weight is 465 g/mol. The zero-order chi connectivity index (χ0) is 20.1. The summed E-state index contributed by atoms with van der Waals surface area (Å²) in [6, 6.07) is 17.1. The van der Waals surface area contributed by atoms with Gasteiger partial charge in [0.1, 0.15) is 0 Å². The largest absolute Gasteiger partial charge is 0.349 e. The molecule has 0 aromatic heterocycles. The summed E-state index contributed by atoms with van der Waals surface area (Å²) in [6.45, 7) is 2.73. The molecule has 2 aromatic rings. The number of halogens is 1. The minimum atomic E-state index is -3.39. The topological polar surface area (TPSA) is 66.5 Å². The van der Waals surface area contributed by atoms with Gasteiger partial charge in [-0.2, -0.15) is 0 Å². The summed E-state index contributed by atoms with van der Waals surface area (Å²) >= 11 is 3.37. The Labute approximate surface area is 175 Å². The van der Waals surface area contributed by atoms with E-state index in [1.165, 1.54) is 4.31 Å². The van der Waals surface area contributed by atoms with Crippen molar-refractivity contribution in [1.82, 2.24) is 9.62 Å². The maximum absolute atomic E-state index is 12.7. The molecule has 1 fully saturated rings. The molecule has 1 saturated heterocycles. The molecule has 1 amide bonds. The highest BCUT2D eigenvalue weighted by molar-refractivity contribution is 9.10. The number of carbonyl (C=O) groups is 1. The fourth-order valence-corrected chi connectivity index (χ4v) is 5.48. The Kier molecular flexibility index (Phi) is 6.91. The van der Waals surface area contributed by atoms with Crippen LogP contribution in [0, 0.1) is 5.92 Å². The van der Waals surface area contributed by atoms with E-state index < -0.39 is 10.0 Å². The van der Waals surface area contributed by atoms with Crippen LogP contribution in [0.15, 0.2) is 59.1 Å². The normalized spacial score (nSPS) is 17.2. The third-order valence-corrected chi connectivity index (χ3v) is 7.46. The molecule has 1 unspecified atom stereocenters. The SMILES string of the molecule is CC(NC(=O)C1CCN(S(=O)(=O)Cc2cccc(Br)c2)CC1)c1ccccc1. The first-order chi connectivity index (χ1) is 13.3. The van der Waals surface area contributed by atoms with Crippen molar-refractivity contribution >= 4 is 31.9 Å². The Balaban J connectivity index is 1.54. The Morgan fingerprint density at radius 3 is 2.46 bits per heavy atom. The smallest absolute Gasteiger partial charge is 0.223 e. The molecule has 5 nitrogen and oxygen atoms in total. The zero-order valence-electron chi connectivity index (χ0n) is 15.8. The summed E-state index contributed by atoms with van der Waals surface area (Å²) in [4.78, 5) is 12.6. The molecule has 2 aromatic carbocycles. The summed E-state index contributed by atoms with van der Waals surface area (Å²) < 4.78 is 27.8. The Morgan fingerprint density at radius 2 is 1.82 bits per heavy atom. The minimum Gasteiger partial charge on any atom is -0.349 e. The quantitative estimate of drug-likeness (QED) is 0.705. The van der Waals surface area contributed by atoms with Crippen molar-refractivity contribution < 1.29 is 13.2 Å². The third-order valence-electron chi connectivity index (χ3n) is 5.11. The van der Waals surface area contributed by atoms with Crippen molar-refractivity contribution in [2.24, 2.45) is 5.92 Å². The van der Waals surface area contributed by atoms with Gasteiger partial charge in [-0.05, 0) is 43.0 Å². The number of amides is 1. The van der Waals surface area contributed by atoms with Gasteiger partial charge in [0.2, 0.25) is 15.9 Å². The molecular formula is C21H25BrN2O3S. The summed E-state index contributed by atoms with van der Waals surface area (Å²) in [5.74, 6) is -0.169. The molecule has 1 heterocycles. The van der Waals surface area contributed by atoms with Crippen molar-refractivity contribution in [1.29, 1.82) is 0 Å². The molecule has 1 atom stereocenters. The lowest BCUT2D eigenvalue weighted by Crippen LogP contribution is -2.43. The number of benzene rings is 2. The van der Waals surface area contributed by atoms with Crippen LogP contribution >= 0.6 is 15.9 Å². The lowest BCUT2D eigenvalue weighted by Gasteiger charge is -2.31. The van der Waals surface area contributed by atoms with E-state index in [4.69, 9.17) is 0 Å². The second-order valence-corrected chi connectivity index (χ2v) is 10.1. The van der Waals surface area contributed by atoms with Gasteiger partial charge in [0.25, 0.3) is 0 Å². The predicted molar refractivity (Wildman–Crippen MR) is 114 cm³/mol. The number of sulfonamides is 1. The molecule has 7 heteroatoms. The van der Waals surface area contributed by atoms with E-state index in [9.17, 15) is 13.2 Å². The summed E-state index contributed by atoms with van der Waals surface area (Å²) in [6.07, 6.45) is 1.09. The second kappa shape index (κ2) is 9.20. The Bertz CT molecular complexity index is 910. The number of hydrogen-bond donors (Lipinski definition) is 1. The number of piperidine rings is 1. The van der Waals surface area contributed by atoms with E-state index in [1.54, 1.807) is 0 Å². The summed E-state index contributed by atoms with van der Waals surface area (Å²) in [5.41, 5.74) is 1.82. The van der Waals surface area contributed by atoms with E-state index in [0.29, 0.717) is 25.9 Å². The van der Waals surface area contributed by atoms with E-state index in [0.717, 1.165) is 15.6 Å². The highest BCUT2D eigenvalue weighted by atomic mass is 79.9. The van der Waals surface area contributed by atoms with Crippen molar-refractivity contribution in [2.75, 3.05) is 13.1 Å². The Morgan fingerprint density at radius 1 is 1.14 bits per heavy atom. The van der Waals surface area contributed by atoms with Crippen LogP contribution < -0.4 is 5.32 Å². The van der Waals surface area contributed by atoms with Gasteiger partial charge >= 0.3 is 0 Å². The lowest BCUT2D eigenvalue weighted by molar-refractivity contribution is -0.126. The predicted octanol–water partition coefficient (Wildman–Crippen LogP) is 3.87. The molecule has 3 rings (SSSR count). The van der Waals surface area contributed by atoms with Gasteiger partial charge in [0.15, 0.2) is 0 Å². The molecule has 1 aliphatic heterocycles. The van der Waals surface area contributed by atoms with Crippen LogP contribution in [-0.4, -0.2) is 31.7 Å². The second-order valence-electron chi connectivity index (χ2n) is 7.20. The fourth-order valence-electron chi connectivity index (χ4n) is 3.48. The van der Waals surface area contributed by atoms with Gasteiger partial charge in [-0.25, -0.2) is 12.7 Å². The van der Waals surface area contributed by atoms with E-state index in [2.05, 4.69) is 21.2 Å². The monoisotopic (exact) mass is 464 g/mol. The van der Waals surface area contributed by atoms with Crippen LogP contribution in [0.5, 0.6) is 0 Å². The van der Waals surface area contributed by atoms with Crippen LogP contribution in [0.3, 0.4) is 0 Å². The van der Waals surface area contributed by atoms with Crippen LogP contribution in [-0.2, 0) is 20.6 Å². The molecule has 150 valence electrons. The third kappa shape index (κ3) is 5.43. The molecule has 0 radical (unpaired) electrons. The molecule has 0 aliphatic carbocycles.